The molecule has 2 unspecified atom stereocenters. The quantitative estimate of drug-likeness (QED) is 0.859. The average Bonchev–Trinajstić information content (AvgIpc) is 2.73. The van der Waals surface area contributed by atoms with Crippen LogP contribution in [0.25, 0.3) is 0 Å². The van der Waals surface area contributed by atoms with E-state index in [0.29, 0.717) is 0 Å². The zero-order chi connectivity index (χ0) is 13.0. The van der Waals surface area contributed by atoms with Gasteiger partial charge in [0.1, 0.15) is 0 Å². The topological polar surface area (TPSA) is 12.0 Å². The second-order valence-electron chi connectivity index (χ2n) is 5.44. The number of aryl methyl sites for hydroxylation is 2. The SMILES string of the molecule is CCNC1CCCC1SCc1cc(C)cc(C)c1. The van der Waals surface area contributed by atoms with E-state index in [1.807, 2.05) is 0 Å². The highest BCUT2D eigenvalue weighted by Crippen LogP contribution is 2.32. The van der Waals surface area contributed by atoms with Crippen LogP contribution in [0.1, 0.15) is 42.9 Å². The maximum Gasteiger partial charge on any atom is 0.0204 e. The Hall–Kier alpha value is -0.470. The number of rotatable bonds is 5. The number of hydrogen-bond donors (Lipinski definition) is 1. The van der Waals surface area contributed by atoms with Crippen molar-refractivity contribution in [3.63, 3.8) is 0 Å². The molecule has 1 saturated carbocycles. The lowest BCUT2D eigenvalue weighted by atomic mass is 10.1. The van der Waals surface area contributed by atoms with Crippen LogP contribution in [-0.2, 0) is 5.75 Å². The fraction of sp³-hybridized carbons (Fsp3) is 0.625. The molecule has 0 heterocycles. The van der Waals surface area contributed by atoms with Gasteiger partial charge in [0.05, 0.1) is 0 Å². The summed E-state index contributed by atoms with van der Waals surface area (Å²) in [6, 6.07) is 7.66. The molecule has 2 heteroatoms. The van der Waals surface area contributed by atoms with Crippen molar-refractivity contribution in [1.29, 1.82) is 0 Å². The maximum atomic E-state index is 3.63. The molecule has 18 heavy (non-hydrogen) atoms. The molecule has 100 valence electrons. The second kappa shape index (κ2) is 6.63. The number of hydrogen-bond acceptors (Lipinski definition) is 2. The van der Waals surface area contributed by atoms with Crippen molar-refractivity contribution >= 4 is 11.8 Å². The van der Waals surface area contributed by atoms with Gasteiger partial charge in [-0.1, -0.05) is 42.7 Å². The molecule has 0 saturated heterocycles. The van der Waals surface area contributed by atoms with Gasteiger partial charge in [-0.05, 0) is 38.8 Å². The molecular weight excluding hydrogens is 238 g/mol. The van der Waals surface area contributed by atoms with Crippen LogP contribution in [0.15, 0.2) is 18.2 Å². The zero-order valence-corrected chi connectivity index (χ0v) is 12.6. The van der Waals surface area contributed by atoms with Gasteiger partial charge in [-0.3, -0.25) is 0 Å². The molecule has 0 amide bonds. The molecule has 2 rings (SSSR count). The first-order valence-corrected chi connectivity index (χ1v) is 8.16. The molecule has 1 aromatic carbocycles. The molecule has 0 aliphatic heterocycles. The Morgan fingerprint density at radius 3 is 2.56 bits per heavy atom. The molecule has 0 bridgehead atoms. The summed E-state index contributed by atoms with van der Waals surface area (Å²) in [6.45, 7) is 7.70. The van der Waals surface area contributed by atoms with Crippen LogP contribution in [0.3, 0.4) is 0 Å². The first kappa shape index (κ1) is 14.0. The van der Waals surface area contributed by atoms with Crippen LogP contribution in [-0.4, -0.2) is 17.8 Å². The molecule has 0 spiro atoms. The Kier molecular flexibility index (Phi) is 5.13. The number of thioether (sulfide) groups is 1. The lowest BCUT2D eigenvalue weighted by Crippen LogP contribution is -2.33. The fourth-order valence-corrected chi connectivity index (χ4v) is 4.35. The Bertz CT molecular complexity index is 368. The predicted molar refractivity (Wildman–Crippen MR) is 82.3 cm³/mol. The van der Waals surface area contributed by atoms with E-state index < -0.39 is 0 Å². The van der Waals surface area contributed by atoms with Gasteiger partial charge in [0, 0.05) is 17.0 Å². The monoisotopic (exact) mass is 263 g/mol. The minimum atomic E-state index is 0.742. The van der Waals surface area contributed by atoms with E-state index in [1.165, 1.54) is 36.0 Å². The summed E-state index contributed by atoms with van der Waals surface area (Å²) in [5.41, 5.74) is 4.26. The summed E-state index contributed by atoms with van der Waals surface area (Å²) in [4.78, 5) is 0. The van der Waals surface area contributed by atoms with Crippen molar-refractivity contribution in [2.75, 3.05) is 6.54 Å². The lowest BCUT2D eigenvalue weighted by Gasteiger charge is -2.20. The van der Waals surface area contributed by atoms with E-state index in [0.717, 1.165) is 23.6 Å². The summed E-state index contributed by atoms with van der Waals surface area (Å²) in [6.07, 6.45) is 4.13. The van der Waals surface area contributed by atoms with Crippen LogP contribution in [0, 0.1) is 13.8 Å². The molecule has 1 N–H and O–H groups in total. The third-order valence-corrected chi connectivity index (χ3v) is 5.16. The summed E-state index contributed by atoms with van der Waals surface area (Å²) < 4.78 is 0. The normalized spacial score (nSPS) is 23.5. The molecule has 1 aromatic rings. The summed E-state index contributed by atoms with van der Waals surface area (Å²) in [7, 11) is 0. The van der Waals surface area contributed by atoms with Crippen molar-refractivity contribution in [3.05, 3.63) is 34.9 Å². The third-order valence-electron chi connectivity index (χ3n) is 3.66. The smallest absolute Gasteiger partial charge is 0.0204 e. The Labute approximate surface area is 116 Å². The first-order chi connectivity index (χ1) is 8.69. The van der Waals surface area contributed by atoms with Crippen molar-refractivity contribution < 1.29 is 0 Å². The summed E-state index contributed by atoms with van der Waals surface area (Å²) in [5, 5.41) is 4.44. The highest BCUT2D eigenvalue weighted by molar-refractivity contribution is 7.99. The molecule has 1 aliphatic rings. The molecule has 1 fully saturated rings. The predicted octanol–water partition coefficient (Wildman–Crippen LogP) is 4.07. The van der Waals surface area contributed by atoms with E-state index in [1.54, 1.807) is 0 Å². The molecule has 1 aliphatic carbocycles. The van der Waals surface area contributed by atoms with Crippen LogP contribution in [0.2, 0.25) is 0 Å². The third kappa shape index (κ3) is 3.76. The molecule has 2 atom stereocenters. The largest absolute Gasteiger partial charge is 0.313 e. The summed E-state index contributed by atoms with van der Waals surface area (Å²) in [5.74, 6) is 1.16. The van der Waals surface area contributed by atoms with Gasteiger partial charge in [0.15, 0.2) is 0 Å². The van der Waals surface area contributed by atoms with Crippen LogP contribution in [0.4, 0.5) is 0 Å². The molecular formula is C16H25NS. The van der Waals surface area contributed by atoms with Crippen molar-refractivity contribution in [1.82, 2.24) is 5.32 Å². The summed E-state index contributed by atoms with van der Waals surface area (Å²) >= 11 is 2.14. The van der Waals surface area contributed by atoms with E-state index in [9.17, 15) is 0 Å². The highest BCUT2D eigenvalue weighted by atomic mass is 32.2. The zero-order valence-electron chi connectivity index (χ0n) is 11.8. The van der Waals surface area contributed by atoms with E-state index in [2.05, 4.69) is 56.0 Å². The second-order valence-corrected chi connectivity index (χ2v) is 6.67. The van der Waals surface area contributed by atoms with Gasteiger partial charge in [-0.25, -0.2) is 0 Å². The molecule has 1 nitrogen and oxygen atoms in total. The standard InChI is InChI=1S/C16H25NS/c1-4-17-15-6-5-7-16(15)18-11-14-9-12(2)8-13(3)10-14/h8-10,15-17H,4-7,11H2,1-3H3. The average molecular weight is 263 g/mol. The van der Waals surface area contributed by atoms with Crippen molar-refractivity contribution in [2.45, 2.75) is 57.1 Å². The maximum absolute atomic E-state index is 3.63. The van der Waals surface area contributed by atoms with Crippen molar-refractivity contribution in [2.24, 2.45) is 0 Å². The minimum absolute atomic E-state index is 0.742. The van der Waals surface area contributed by atoms with Gasteiger partial charge in [-0.2, -0.15) is 11.8 Å². The van der Waals surface area contributed by atoms with Gasteiger partial charge in [-0.15, -0.1) is 0 Å². The Balaban J connectivity index is 1.90. The molecule has 0 radical (unpaired) electrons. The van der Waals surface area contributed by atoms with Crippen molar-refractivity contribution in [3.8, 4) is 0 Å². The number of nitrogens with one attached hydrogen (secondary N) is 1. The highest BCUT2D eigenvalue weighted by Gasteiger charge is 2.26. The van der Waals surface area contributed by atoms with Gasteiger partial charge in [0.25, 0.3) is 0 Å². The van der Waals surface area contributed by atoms with Gasteiger partial charge in [0.2, 0.25) is 0 Å². The fourth-order valence-electron chi connectivity index (χ4n) is 2.98. The van der Waals surface area contributed by atoms with Crippen LogP contribution in [0.5, 0.6) is 0 Å². The molecule has 0 aromatic heterocycles. The van der Waals surface area contributed by atoms with E-state index in [4.69, 9.17) is 0 Å². The Morgan fingerprint density at radius 1 is 1.17 bits per heavy atom. The van der Waals surface area contributed by atoms with Crippen LogP contribution < -0.4 is 5.32 Å². The Morgan fingerprint density at radius 2 is 1.89 bits per heavy atom. The first-order valence-electron chi connectivity index (χ1n) is 7.11. The number of benzene rings is 1. The minimum Gasteiger partial charge on any atom is -0.313 e. The van der Waals surface area contributed by atoms with Gasteiger partial charge < -0.3 is 5.32 Å². The lowest BCUT2D eigenvalue weighted by molar-refractivity contribution is 0.551. The van der Waals surface area contributed by atoms with E-state index >= 15 is 0 Å². The van der Waals surface area contributed by atoms with E-state index in [-0.39, 0.29) is 0 Å². The van der Waals surface area contributed by atoms with Gasteiger partial charge >= 0.3 is 0 Å². The van der Waals surface area contributed by atoms with Crippen LogP contribution >= 0.6 is 11.8 Å².